The maximum atomic E-state index is 13.1. The lowest BCUT2D eigenvalue weighted by Crippen LogP contribution is -2.07. The molecule has 5 heteroatoms. The Hall–Kier alpha value is -2.56. The van der Waals surface area contributed by atoms with Gasteiger partial charge in [0.05, 0.1) is 6.42 Å². The maximum absolute atomic E-state index is 13.1. The molecule has 0 saturated heterocycles. The van der Waals surface area contributed by atoms with Crippen LogP contribution in [-0.2, 0) is 28.9 Å². The van der Waals surface area contributed by atoms with Gasteiger partial charge in [-0.3, -0.25) is 9.59 Å². The molecule has 0 saturated carbocycles. The summed E-state index contributed by atoms with van der Waals surface area (Å²) in [5, 5.41) is 2.73. The van der Waals surface area contributed by atoms with E-state index in [4.69, 9.17) is 0 Å². The van der Waals surface area contributed by atoms with E-state index in [-0.39, 0.29) is 24.5 Å². The molecular formula is C17H13F2NO2. The van der Waals surface area contributed by atoms with Gasteiger partial charge < -0.3 is 5.32 Å². The quantitative estimate of drug-likeness (QED) is 0.944. The number of rotatable bonds is 4. The summed E-state index contributed by atoms with van der Waals surface area (Å²) < 4.78 is 26.0. The van der Waals surface area contributed by atoms with E-state index in [0.717, 1.165) is 28.9 Å². The fourth-order valence-electron chi connectivity index (χ4n) is 2.56. The second kappa shape index (κ2) is 5.67. The van der Waals surface area contributed by atoms with E-state index in [1.54, 1.807) is 12.1 Å². The number of hydrogen-bond donors (Lipinski definition) is 1. The Balaban J connectivity index is 1.68. The monoisotopic (exact) mass is 301 g/mol. The van der Waals surface area contributed by atoms with Gasteiger partial charge >= 0.3 is 0 Å². The Morgan fingerprint density at radius 3 is 2.41 bits per heavy atom. The molecule has 0 radical (unpaired) electrons. The molecule has 22 heavy (non-hydrogen) atoms. The van der Waals surface area contributed by atoms with Gasteiger partial charge in [-0.2, -0.15) is 0 Å². The molecule has 0 unspecified atom stereocenters. The number of ketones is 1. The fourth-order valence-corrected chi connectivity index (χ4v) is 2.56. The van der Waals surface area contributed by atoms with Crippen molar-refractivity contribution in [2.24, 2.45) is 0 Å². The number of amides is 1. The van der Waals surface area contributed by atoms with Crippen molar-refractivity contribution in [2.75, 3.05) is 5.32 Å². The summed E-state index contributed by atoms with van der Waals surface area (Å²) in [5.74, 6) is -2.03. The minimum Gasteiger partial charge on any atom is -0.326 e. The summed E-state index contributed by atoms with van der Waals surface area (Å²) in [6, 6.07) is 8.86. The Kier molecular flexibility index (Phi) is 3.71. The molecule has 0 atom stereocenters. The lowest BCUT2D eigenvalue weighted by Gasteiger charge is -2.05. The van der Waals surface area contributed by atoms with Crippen molar-refractivity contribution >= 4 is 17.4 Å². The number of Topliss-reactive ketones (excluding diaryl/α,β-unsaturated/α-hetero) is 1. The largest absolute Gasteiger partial charge is 0.326 e. The summed E-state index contributed by atoms with van der Waals surface area (Å²) in [5.41, 5.74) is 2.91. The molecule has 1 aliphatic heterocycles. The third-order valence-electron chi connectivity index (χ3n) is 3.58. The smallest absolute Gasteiger partial charge is 0.228 e. The summed E-state index contributed by atoms with van der Waals surface area (Å²) in [6.07, 6.45) is 0.562. The number of halogens is 2. The molecule has 2 aromatic rings. The van der Waals surface area contributed by atoms with Crippen LogP contribution in [0.5, 0.6) is 0 Å². The molecule has 0 aromatic heterocycles. The van der Waals surface area contributed by atoms with Crippen molar-refractivity contribution in [1.29, 1.82) is 0 Å². The second-order valence-electron chi connectivity index (χ2n) is 5.36. The maximum Gasteiger partial charge on any atom is 0.228 e. The molecule has 1 heterocycles. The summed E-state index contributed by atoms with van der Waals surface area (Å²) in [7, 11) is 0. The molecule has 112 valence electrons. The first-order valence-corrected chi connectivity index (χ1v) is 6.88. The van der Waals surface area contributed by atoms with Crippen LogP contribution in [0.3, 0.4) is 0 Å². The third kappa shape index (κ3) is 3.03. The Labute approximate surface area is 126 Å². The fraction of sp³-hybridized carbons (Fsp3) is 0.176. The number of nitrogens with one attached hydrogen (secondary N) is 1. The lowest BCUT2D eigenvalue weighted by molar-refractivity contribution is -0.118. The first kappa shape index (κ1) is 14.4. The molecule has 0 aliphatic carbocycles. The van der Waals surface area contributed by atoms with E-state index < -0.39 is 11.6 Å². The zero-order chi connectivity index (χ0) is 15.7. The summed E-state index contributed by atoms with van der Waals surface area (Å²) in [6.45, 7) is 0. The van der Waals surface area contributed by atoms with Crippen LogP contribution in [0.4, 0.5) is 14.5 Å². The van der Waals surface area contributed by atoms with Crippen molar-refractivity contribution in [3.8, 4) is 0 Å². The average Bonchev–Trinajstić information content (AvgIpc) is 2.82. The highest BCUT2D eigenvalue weighted by Crippen LogP contribution is 2.24. The van der Waals surface area contributed by atoms with Crippen molar-refractivity contribution in [3.63, 3.8) is 0 Å². The van der Waals surface area contributed by atoms with E-state index in [1.807, 2.05) is 6.07 Å². The molecule has 0 bridgehead atoms. The van der Waals surface area contributed by atoms with Crippen LogP contribution in [0, 0.1) is 11.6 Å². The van der Waals surface area contributed by atoms with Crippen LogP contribution >= 0.6 is 0 Å². The predicted octanol–water partition coefficient (Wildman–Crippen LogP) is 2.81. The number of hydrogen-bond acceptors (Lipinski definition) is 2. The standard InChI is InChI=1S/C17H13F2NO2/c18-14-3-1-11(8-15(14)19)7-13(21)6-10-2-4-16-12(5-10)9-17(22)20-16/h1-5,8H,6-7,9H2,(H,20,22). The van der Waals surface area contributed by atoms with E-state index in [1.165, 1.54) is 6.07 Å². The van der Waals surface area contributed by atoms with Gasteiger partial charge in [0.15, 0.2) is 11.6 Å². The van der Waals surface area contributed by atoms with E-state index in [0.29, 0.717) is 12.0 Å². The SMILES string of the molecule is O=C(Cc1ccc(F)c(F)c1)Cc1ccc2c(c1)CC(=O)N2. The molecule has 0 fully saturated rings. The number of anilines is 1. The van der Waals surface area contributed by atoms with Crippen molar-refractivity contribution < 1.29 is 18.4 Å². The first-order chi connectivity index (χ1) is 10.5. The van der Waals surface area contributed by atoms with Crippen LogP contribution in [0.15, 0.2) is 36.4 Å². The van der Waals surface area contributed by atoms with E-state index >= 15 is 0 Å². The lowest BCUT2D eigenvalue weighted by atomic mass is 10.0. The van der Waals surface area contributed by atoms with Crippen LogP contribution in [0.25, 0.3) is 0 Å². The van der Waals surface area contributed by atoms with Crippen molar-refractivity contribution in [3.05, 3.63) is 64.7 Å². The van der Waals surface area contributed by atoms with Crippen LogP contribution in [0.2, 0.25) is 0 Å². The second-order valence-corrected chi connectivity index (χ2v) is 5.36. The van der Waals surface area contributed by atoms with E-state index in [2.05, 4.69) is 5.32 Å². The Bertz CT molecular complexity index is 771. The van der Waals surface area contributed by atoms with Gasteiger partial charge in [0.25, 0.3) is 0 Å². The van der Waals surface area contributed by atoms with Gasteiger partial charge in [0.1, 0.15) is 5.78 Å². The summed E-state index contributed by atoms with van der Waals surface area (Å²) >= 11 is 0. The molecule has 1 aliphatic rings. The highest BCUT2D eigenvalue weighted by atomic mass is 19.2. The highest BCUT2D eigenvalue weighted by Gasteiger charge is 2.18. The topological polar surface area (TPSA) is 46.2 Å². The first-order valence-electron chi connectivity index (χ1n) is 6.88. The minimum absolute atomic E-state index is 0.0471. The number of carbonyl (C=O) groups excluding carboxylic acids is 2. The third-order valence-corrected chi connectivity index (χ3v) is 3.58. The van der Waals surface area contributed by atoms with Crippen LogP contribution < -0.4 is 5.32 Å². The number of carbonyl (C=O) groups is 2. The zero-order valence-corrected chi connectivity index (χ0v) is 11.7. The molecule has 1 amide bonds. The van der Waals surface area contributed by atoms with Gasteiger partial charge in [0, 0.05) is 18.5 Å². The molecule has 2 aromatic carbocycles. The van der Waals surface area contributed by atoms with Gasteiger partial charge in [-0.15, -0.1) is 0 Å². The van der Waals surface area contributed by atoms with Gasteiger partial charge in [-0.1, -0.05) is 18.2 Å². The van der Waals surface area contributed by atoms with Gasteiger partial charge in [-0.05, 0) is 34.9 Å². The minimum atomic E-state index is -0.951. The number of fused-ring (bicyclic) bond motifs is 1. The van der Waals surface area contributed by atoms with Crippen molar-refractivity contribution in [2.45, 2.75) is 19.3 Å². The number of benzene rings is 2. The average molecular weight is 301 g/mol. The summed E-state index contributed by atoms with van der Waals surface area (Å²) in [4.78, 5) is 23.3. The molecule has 0 spiro atoms. The Morgan fingerprint density at radius 1 is 1.00 bits per heavy atom. The van der Waals surface area contributed by atoms with E-state index in [9.17, 15) is 18.4 Å². The van der Waals surface area contributed by atoms with Crippen LogP contribution in [0.1, 0.15) is 16.7 Å². The Morgan fingerprint density at radius 2 is 1.68 bits per heavy atom. The normalized spacial score (nSPS) is 12.9. The highest BCUT2D eigenvalue weighted by molar-refractivity contribution is 5.99. The van der Waals surface area contributed by atoms with Gasteiger partial charge in [0.2, 0.25) is 5.91 Å². The molecular weight excluding hydrogens is 288 g/mol. The molecule has 3 rings (SSSR count). The van der Waals surface area contributed by atoms with Crippen molar-refractivity contribution in [1.82, 2.24) is 0 Å². The molecule has 3 nitrogen and oxygen atoms in total. The zero-order valence-electron chi connectivity index (χ0n) is 11.7. The molecule has 1 N–H and O–H groups in total. The van der Waals surface area contributed by atoms with Gasteiger partial charge in [-0.25, -0.2) is 8.78 Å². The van der Waals surface area contributed by atoms with Crippen LogP contribution in [-0.4, -0.2) is 11.7 Å². The predicted molar refractivity (Wildman–Crippen MR) is 77.5 cm³/mol.